The zero-order valence-corrected chi connectivity index (χ0v) is 9.47. The lowest BCUT2D eigenvalue weighted by molar-refractivity contribution is 0.793. The molecule has 0 aromatic heterocycles. The Morgan fingerprint density at radius 3 is 2.57 bits per heavy atom. The Labute approximate surface area is 88.4 Å². The number of hydrogen-bond acceptors (Lipinski definition) is 0. The van der Waals surface area contributed by atoms with Crippen molar-refractivity contribution >= 4 is 0 Å². The number of aryl methyl sites for hydroxylation is 3. The van der Waals surface area contributed by atoms with E-state index in [2.05, 4.69) is 39.0 Å². The molecule has 1 rings (SSSR count). The first-order valence-corrected chi connectivity index (χ1v) is 5.65. The van der Waals surface area contributed by atoms with Gasteiger partial charge in [0.2, 0.25) is 0 Å². The van der Waals surface area contributed by atoms with Gasteiger partial charge in [0.25, 0.3) is 0 Å². The average molecular weight is 189 g/mol. The minimum Gasteiger partial charge on any atom is -0.0654 e. The van der Waals surface area contributed by atoms with Crippen molar-refractivity contribution < 1.29 is 0 Å². The van der Waals surface area contributed by atoms with E-state index >= 15 is 0 Å². The quantitative estimate of drug-likeness (QED) is 0.654. The molecule has 0 fully saturated rings. The molecule has 0 atom stereocenters. The molecular formula is C14H21. The summed E-state index contributed by atoms with van der Waals surface area (Å²) in [4.78, 5) is 0. The van der Waals surface area contributed by atoms with E-state index in [-0.39, 0.29) is 0 Å². The highest BCUT2D eigenvalue weighted by atomic mass is 14.0. The Morgan fingerprint density at radius 2 is 2.00 bits per heavy atom. The summed E-state index contributed by atoms with van der Waals surface area (Å²) in [5.41, 5.74) is 4.37. The van der Waals surface area contributed by atoms with E-state index in [0.717, 1.165) is 12.8 Å². The first-order chi connectivity index (χ1) is 6.77. The lowest BCUT2D eigenvalue weighted by Crippen LogP contribution is -1.92. The van der Waals surface area contributed by atoms with Gasteiger partial charge in [0.15, 0.2) is 0 Å². The monoisotopic (exact) mass is 189 g/mol. The van der Waals surface area contributed by atoms with Gasteiger partial charge < -0.3 is 0 Å². The molecule has 0 N–H and O–H groups in total. The van der Waals surface area contributed by atoms with Crippen LogP contribution in [0.2, 0.25) is 0 Å². The largest absolute Gasteiger partial charge is 0.0654 e. The number of hydrogen-bond donors (Lipinski definition) is 0. The zero-order chi connectivity index (χ0) is 10.4. The maximum atomic E-state index is 3.89. The van der Waals surface area contributed by atoms with Gasteiger partial charge in [0.1, 0.15) is 0 Å². The number of unbranched alkanes of at least 4 members (excludes halogenated alkanes) is 1. The molecule has 0 bridgehead atoms. The summed E-state index contributed by atoms with van der Waals surface area (Å²) >= 11 is 0. The second-order valence-corrected chi connectivity index (χ2v) is 3.97. The van der Waals surface area contributed by atoms with Crippen LogP contribution in [-0.4, -0.2) is 0 Å². The van der Waals surface area contributed by atoms with Crippen molar-refractivity contribution in [1.82, 2.24) is 0 Å². The third-order valence-corrected chi connectivity index (χ3v) is 2.67. The molecule has 0 aliphatic rings. The van der Waals surface area contributed by atoms with E-state index < -0.39 is 0 Å². The van der Waals surface area contributed by atoms with Crippen molar-refractivity contribution in [2.45, 2.75) is 46.0 Å². The van der Waals surface area contributed by atoms with Gasteiger partial charge in [-0.05, 0) is 49.3 Å². The summed E-state index contributed by atoms with van der Waals surface area (Å²) < 4.78 is 0. The molecule has 0 aliphatic heterocycles. The molecule has 0 aliphatic carbocycles. The summed E-state index contributed by atoms with van der Waals surface area (Å²) in [7, 11) is 0. The van der Waals surface area contributed by atoms with E-state index in [1.165, 1.54) is 36.0 Å². The molecule has 0 saturated heterocycles. The smallest absolute Gasteiger partial charge is 0.0276 e. The van der Waals surface area contributed by atoms with Gasteiger partial charge in [-0.25, -0.2) is 0 Å². The summed E-state index contributed by atoms with van der Waals surface area (Å²) in [6.07, 6.45) is 5.91. The first kappa shape index (κ1) is 11.3. The van der Waals surface area contributed by atoms with Crippen LogP contribution < -0.4 is 0 Å². The Bertz CT molecular complexity index is 273. The van der Waals surface area contributed by atoms with Crippen LogP contribution in [0.4, 0.5) is 0 Å². The summed E-state index contributed by atoms with van der Waals surface area (Å²) in [5, 5.41) is 0. The minimum atomic E-state index is 0.995. The van der Waals surface area contributed by atoms with Gasteiger partial charge in [-0.3, -0.25) is 0 Å². The Morgan fingerprint density at radius 1 is 1.21 bits per heavy atom. The van der Waals surface area contributed by atoms with Crippen LogP contribution in [-0.2, 0) is 12.8 Å². The summed E-state index contributed by atoms with van der Waals surface area (Å²) in [6, 6.07) is 6.87. The highest BCUT2D eigenvalue weighted by Gasteiger charge is 1.98. The Kier molecular flexibility index (Phi) is 4.72. The molecule has 0 heterocycles. The van der Waals surface area contributed by atoms with Crippen molar-refractivity contribution in [2.24, 2.45) is 0 Å². The maximum Gasteiger partial charge on any atom is -0.0276 e. The van der Waals surface area contributed by atoms with Crippen LogP contribution in [0.25, 0.3) is 0 Å². The molecule has 0 heteroatoms. The van der Waals surface area contributed by atoms with Crippen LogP contribution in [0.5, 0.6) is 0 Å². The highest BCUT2D eigenvalue weighted by Crippen LogP contribution is 2.14. The number of benzene rings is 1. The molecule has 0 nitrogen and oxygen atoms in total. The molecule has 0 spiro atoms. The van der Waals surface area contributed by atoms with Crippen molar-refractivity contribution in [2.75, 3.05) is 0 Å². The van der Waals surface area contributed by atoms with Gasteiger partial charge in [-0.15, -0.1) is 0 Å². The Hall–Kier alpha value is -0.780. The van der Waals surface area contributed by atoms with E-state index in [1.54, 1.807) is 0 Å². The van der Waals surface area contributed by atoms with Crippen molar-refractivity contribution in [3.05, 3.63) is 41.8 Å². The fourth-order valence-corrected chi connectivity index (χ4v) is 1.77. The third-order valence-electron chi connectivity index (χ3n) is 2.67. The first-order valence-electron chi connectivity index (χ1n) is 5.65. The summed E-state index contributed by atoms with van der Waals surface area (Å²) in [5.74, 6) is 0. The molecule has 0 amide bonds. The van der Waals surface area contributed by atoms with Gasteiger partial charge in [-0.1, -0.05) is 38.5 Å². The molecule has 0 unspecified atom stereocenters. The standard InChI is InChI=1S/C14H21/c1-4-6-8-13-9-10-14(7-5-2)12(3)11-13/h9-11H,2,4-8H2,1,3H3. The maximum absolute atomic E-state index is 3.89. The fraction of sp³-hybridized carbons (Fsp3) is 0.500. The van der Waals surface area contributed by atoms with E-state index in [0.29, 0.717) is 0 Å². The van der Waals surface area contributed by atoms with Crippen LogP contribution in [0, 0.1) is 13.8 Å². The van der Waals surface area contributed by atoms with Gasteiger partial charge in [0.05, 0.1) is 0 Å². The SMILES string of the molecule is [CH2]CCc1ccc(CCCC)cc1C. The molecule has 0 saturated carbocycles. The van der Waals surface area contributed by atoms with Crippen LogP contribution in [0.3, 0.4) is 0 Å². The molecule has 1 aromatic rings. The van der Waals surface area contributed by atoms with Gasteiger partial charge >= 0.3 is 0 Å². The molecule has 77 valence electrons. The zero-order valence-electron chi connectivity index (χ0n) is 9.47. The summed E-state index contributed by atoms with van der Waals surface area (Å²) in [6.45, 7) is 8.34. The van der Waals surface area contributed by atoms with Gasteiger partial charge in [-0.2, -0.15) is 0 Å². The average Bonchev–Trinajstić information content (AvgIpc) is 2.19. The minimum absolute atomic E-state index is 0.995. The molecule has 14 heavy (non-hydrogen) atoms. The van der Waals surface area contributed by atoms with E-state index in [4.69, 9.17) is 0 Å². The second-order valence-electron chi connectivity index (χ2n) is 3.97. The predicted octanol–water partition coefficient (Wildman–Crippen LogP) is 4.10. The lowest BCUT2D eigenvalue weighted by Gasteiger charge is -2.07. The number of rotatable bonds is 5. The van der Waals surface area contributed by atoms with Gasteiger partial charge in [0, 0.05) is 0 Å². The molecule has 1 radical (unpaired) electrons. The van der Waals surface area contributed by atoms with Crippen molar-refractivity contribution in [1.29, 1.82) is 0 Å². The van der Waals surface area contributed by atoms with Crippen molar-refractivity contribution in [3.8, 4) is 0 Å². The third kappa shape index (κ3) is 3.17. The normalized spacial score (nSPS) is 10.5. The van der Waals surface area contributed by atoms with Crippen molar-refractivity contribution in [3.63, 3.8) is 0 Å². The van der Waals surface area contributed by atoms with E-state index in [9.17, 15) is 0 Å². The lowest BCUT2D eigenvalue weighted by atomic mass is 9.99. The van der Waals surface area contributed by atoms with E-state index in [1.807, 2.05) is 0 Å². The topological polar surface area (TPSA) is 0 Å². The molecule has 1 aromatic carbocycles. The fourth-order valence-electron chi connectivity index (χ4n) is 1.77. The predicted molar refractivity (Wildman–Crippen MR) is 63.5 cm³/mol. The van der Waals surface area contributed by atoms with Crippen LogP contribution in [0.1, 0.15) is 42.9 Å². The van der Waals surface area contributed by atoms with Crippen LogP contribution in [0.15, 0.2) is 18.2 Å². The van der Waals surface area contributed by atoms with Crippen LogP contribution >= 0.6 is 0 Å². The Balaban J connectivity index is 2.68. The molecular weight excluding hydrogens is 168 g/mol. The highest BCUT2D eigenvalue weighted by molar-refractivity contribution is 5.31. The second kappa shape index (κ2) is 5.85.